The zero-order valence-corrected chi connectivity index (χ0v) is 13.5. The van der Waals surface area contributed by atoms with E-state index in [9.17, 15) is 9.90 Å². The van der Waals surface area contributed by atoms with Crippen molar-refractivity contribution in [3.05, 3.63) is 30.1 Å². The van der Waals surface area contributed by atoms with Gasteiger partial charge in [0, 0.05) is 12.2 Å². The lowest BCUT2D eigenvalue weighted by atomic mass is 9.52. The summed E-state index contributed by atoms with van der Waals surface area (Å²) in [7, 11) is 0. The van der Waals surface area contributed by atoms with E-state index in [1.165, 1.54) is 12.8 Å². The normalized spacial score (nSPS) is 37.0. The molecular formula is C18H22N4O2. The summed E-state index contributed by atoms with van der Waals surface area (Å²) in [6.45, 7) is 0. The maximum Gasteiger partial charge on any atom is 0.252 e. The molecule has 0 unspecified atom stereocenters. The number of aliphatic hydroxyl groups is 1. The third kappa shape index (κ3) is 1.99. The van der Waals surface area contributed by atoms with Crippen LogP contribution in [0, 0.1) is 17.8 Å². The Balaban J connectivity index is 1.54. The first-order valence-electron chi connectivity index (χ1n) is 8.77. The summed E-state index contributed by atoms with van der Waals surface area (Å²) >= 11 is 0. The minimum Gasteiger partial charge on any atom is -0.390 e. The molecule has 4 aliphatic carbocycles. The van der Waals surface area contributed by atoms with E-state index in [2.05, 4.69) is 10.4 Å². The van der Waals surface area contributed by atoms with Crippen LogP contribution in [0.3, 0.4) is 0 Å². The molecule has 6 rings (SSSR count). The van der Waals surface area contributed by atoms with Gasteiger partial charge in [0.25, 0.3) is 5.91 Å². The molecule has 4 saturated carbocycles. The zero-order valence-electron chi connectivity index (χ0n) is 13.5. The molecule has 0 saturated heterocycles. The minimum absolute atomic E-state index is 0.293. The number of nitrogens with two attached hydrogens (primary N) is 1. The number of carbonyl (C=O) groups is 1. The fourth-order valence-electron chi connectivity index (χ4n) is 5.72. The summed E-state index contributed by atoms with van der Waals surface area (Å²) in [5, 5.41) is 18.7. The Bertz CT molecular complexity index is 814. The summed E-state index contributed by atoms with van der Waals surface area (Å²) in [6, 6.07) is 4.16. The van der Waals surface area contributed by atoms with Gasteiger partial charge in [-0.05, 0) is 62.0 Å². The highest BCUT2D eigenvalue weighted by atomic mass is 16.3. The van der Waals surface area contributed by atoms with Crippen LogP contribution in [0.5, 0.6) is 0 Å². The molecule has 2 aromatic rings. The van der Waals surface area contributed by atoms with E-state index < -0.39 is 11.5 Å². The van der Waals surface area contributed by atoms with E-state index in [4.69, 9.17) is 5.73 Å². The number of hydrogen-bond acceptors (Lipinski definition) is 4. The Hall–Kier alpha value is -2.08. The van der Waals surface area contributed by atoms with Crippen LogP contribution < -0.4 is 11.1 Å². The summed E-state index contributed by atoms with van der Waals surface area (Å²) in [4.78, 5) is 11.9. The molecule has 24 heavy (non-hydrogen) atoms. The third-order valence-corrected chi connectivity index (χ3v) is 6.38. The van der Waals surface area contributed by atoms with Gasteiger partial charge in [0.2, 0.25) is 0 Å². The van der Waals surface area contributed by atoms with Gasteiger partial charge < -0.3 is 16.2 Å². The number of nitrogens with one attached hydrogen (secondary N) is 1. The van der Waals surface area contributed by atoms with E-state index >= 15 is 0 Å². The van der Waals surface area contributed by atoms with Gasteiger partial charge >= 0.3 is 0 Å². The van der Waals surface area contributed by atoms with E-state index in [-0.39, 0.29) is 0 Å². The average Bonchev–Trinajstić information content (AvgIpc) is 2.97. The van der Waals surface area contributed by atoms with E-state index in [1.54, 1.807) is 10.7 Å². The summed E-state index contributed by atoms with van der Waals surface area (Å²) in [5.41, 5.74) is 7.22. The first-order chi connectivity index (χ1) is 11.5. The number of carbonyl (C=O) groups excluding carboxylic acids is 1. The summed E-state index contributed by atoms with van der Waals surface area (Å²) < 4.78 is 1.76. The number of fused-ring (bicyclic) bond motifs is 1. The largest absolute Gasteiger partial charge is 0.390 e. The van der Waals surface area contributed by atoms with Gasteiger partial charge in [-0.25, -0.2) is 4.52 Å². The lowest BCUT2D eigenvalue weighted by Gasteiger charge is -2.58. The molecule has 4 fully saturated rings. The fraction of sp³-hybridized carbons (Fsp3) is 0.556. The maximum absolute atomic E-state index is 11.9. The minimum atomic E-state index is -0.462. The van der Waals surface area contributed by atoms with Gasteiger partial charge in [-0.15, -0.1) is 0 Å². The molecule has 0 aliphatic heterocycles. The van der Waals surface area contributed by atoms with E-state index in [0.717, 1.165) is 30.5 Å². The fourth-order valence-corrected chi connectivity index (χ4v) is 5.72. The van der Waals surface area contributed by atoms with Crippen molar-refractivity contribution in [1.29, 1.82) is 0 Å². The van der Waals surface area contributed by atoms with Crippen molar-refractivity contribution in [2.24, 2.45) is 23.5 Å². The standard InChI is InChI=1S/C18H22N4O2/c19-17(23)13-9-20-22-3-1-2-14(22)16(13)21-15-11-4-10-5-12(15)8-18(24,6-10)7-11/h1-3,9-12,15,21,24H,4-8H2,(H2,19,23)/t10?,11-,12-,15?,18?/m0/s1. The second-order valence-electron chi connectivity index (χ2n) is 8.00. The first-order valence-corrected chi connectivity index (χ1v) is 8.77. The molecule has 2 aromatic heterocycles. The number of nitrogens with zero attached hydrogens (tertiary/aromatic N) is 2. The van der Waals surface area contributed by atoms with Crippen molar-refractivity contribution in [2.45, 2.75) is 43.7 Å². The monoisotopic (exact) mass is 326 g/mol. The van der Waals surface area contributed by atoms with Crippen LogP contribution >= 0.6 is 0 Å². The maximum atomic E-state index is 11.9. The van der Waals surface area contributed by atoms with Gasteiger partial charge in [-0.2, -0.15) is 5.10 Å². The molecule has 0 aromatic carbocycles. The third-order valence-electron chi connectivity index (χ3n) is 6.38. The van der Waals surface area contributed by atoms with Gasteiger partial charge in [-0.3, -0.25) is 4.79 Å². The Morgan fingerprint density at radius 3 is 2.75 bits per heavy atom. The highest BCUT2D eigenvalue weighted by Gasteiger charge is 2.54. The van der Waals surface area contributed by atoms with Crippen LogP contribution in [-0.4, -0.2) is 32.3 Å². The Kier molecular flexibility index (Phi) is 2.81. The van der Waals surface area contributed by atoms with Crippen molar-refractivity contribution in [2.75, 3.05) is 5.32 Å². The average molecular weight is 326 g/mol. The molecule has 126 valence electrons. The topological polar surface area (TPSA) is 92.7 Å². The van der Waals surface area contributed by atoms with Crippen molar-refractivity contribution in [1.82, 2.24) is 9.61 Å². The van der Waals surface area contributed by atoms with E-state index in [1.807, 2.05) is 18.3 Å². The second-order valence-corrected chi connectivity index (χ2v) is 8.00. The van der Waals surface area contributed by atoms with Crippen molar-refractivity contribution < 1.29 is 9.90 Å². The molecule has 4 N–H and O–H groups in total. The van der Waals surface area contributed by atoms with Gasteiger partial charge in [0.1, 0.15) is 0 Å². The number of rotatable bonds is 3. The summed E-state index contributed by atoms with van der Waals surface area (Å²) in [6.07, 6.45) is 8.46. The lowest BCUT2D eigenvalue weighted by Crippen LogP contribution is -2.59. The van der Waals surface area contributed by atoms with Crippen LogP contribution in [0.25, 0.3) is 5.52 Å². The first kappa shape index (κ1) is 14.3. The number of anilines is 1. The smallest absolute Gasteiger partial charge is 0.252 e. The lowest BCUT2D eigenvalue weighted by molar-refractivity contribution is -0.129. The highest BCUT2D eigenvalue weighted by molar-refractivity contribution is 6.01. The Morgan fingerprint density at radius 2 is 2.08 bits per heavy atom. The number of amides is 1. The molecule has 0 radical (unpaired) electrons. The van der Waals surface area contributed by atoms with Crippen LogP contribution in [0.1, 0.15) is 42.5 Å². The molecule has 0 spiro atoms. The molecule has 6 nitrogen and oxygen atoms in total. The zero-order chi connectivity index (χ0) is 16.5. The number of primary amides is 1. The van der Waals surface area contributed by atoms with Gasteiger partial charge in [0.15, 0.2) is 0 Å². The SMILES string of the molecule is NC(=O)c1cnn2cccc2c1NC1[C@H]2CC3C[C@H]1CC(O)(C3)C2. The van der Waals surface area contributed by atoms with Crippen molar-refractivity contribution in [3.63, 3.8) is 0 Å². The van der Waals surface area contributed by atoms with Crippen LogP contribution in [0.2, 0.25) is 0 Å². The molecule has 6 heteroatoms. The highest BCUT2D eigenvalue weighted by Crippen LogP contribution is 2.56. The Labute approximate surface area is 140 Å². The predicted octanol–water partition coefficient (Wildman–Crippen LogP) is 1.78. The van der Waals surface area contributed by atoms with Crippen LogP contribution in [-0.2, 0) is 0 Å². The molecular weight excluding hydrogens is 304 g/mol. The van der Waals surface area contributed by atoms with Crippen molar-refractivity contribution in [3.8, 4) is 0 Å². The predicted molar refractivity (Wildman–Crippen MR) is 89.6 cm³/mol. The van der Waals surface area contributed by atoms with Gasteiger partial charge in [0.05, 0.1) is 28.6 Å². The molecule has 2 heterocycles. The van der Waals surface area contributed by atoms with Crippen molar-refractivity contribution >= 4 is 17.1 Å². The Morgan fingerprint density at radius 1 is 1.33 bits per heavy atom. The van der Waals surface area contributed by atoms with Crippen LogP contribution in [0.4, 0.5) is 5.69 Å². The number of hydrogen-bond donors (Lipinski definition) is 3. The molecule has 4 bridgehead atoms. The number of aromatic nitrogens is 2. The van der Waals surface area contributed by atoms with E-state index in [0.29, 0.717) is 29.4 Å². The molecule has 2 atom stereocenters. The second kappa shape index (κ2) is 4.72. The molecule has 4 aliphatic rings. The summed E-state index contributed by atoms with van der Waals surface area (Å²) in [5.74, 6) is 1.12. The molecule has 1 amide bonds. The van der Waals surface area contributed by atoms with Crippen LogP contribution in [0.15, 0.2) is 24.5 Å². The van der Waals surface area contributed by atoms with Gasteiger partial charge in [-0.1, -0.05) is 0 Å². The quantitative estimate of drug-likeness (QED) is 0.801.